The van der Waals surface area contributed by atoms with Gasteiger partial charge in [0.1, 0.15) is 0 Å². The van der Waals surface area contributed by atoms with Crippen molar-refractivity contribution in [3.8, 4) is 0 Å². The van der Waals surface area contributed by atoms with Gasteiger partial charge < -0.3 is 4.90 Å². The number of piperidine rings is 1. The van der Waals surface area contributed by atoms with Crippen molar-refractivity contribution >= 4 is 12.0 Å². The molecule has 0 aromatic heterocycles. The molecule has 0 unspecified atom stereocenters. The number of hydrogen-bond donors (Lipinski definition) is 0. The van der Waals surface area contributed by atoms with Crippen molar-refractivity contribution in [3.05, 3.63) is 77.4 Å². The summed E-state index contributed by atoms with van der Waals surface area (Å²) in [6, 6.07) is 11.7. The van der Waals surface area contributed by atoms with Crippen molar-refractivity contribution in [2.75, 3.05) is 26.2 Å². The third-order valence-electron chi connectivity index (χ3n) is 6.25. The van der Waals surface area contributed by atoms with E-state index >= 15 is 0 Å². The highest BCUT2D eigenvalue weighted by molar-refractivity contribution is 5.94. The summed E-state index contributed by atoms with van der Waals surface area (Å²) in [5.74, 6) is -1.53. The summed E-state index contributed by atoms with van der Waals surface area (Å²) in [4.78, 5) is 17.2. The molecule has 2 aromatic rings. The lowest BCUT2D eigenvalue weighted by molar-refractivity contribution is 0.0675. The summed E-state index contributed by atoms with van der Waals surface area (Å²) in [5.41, 5.74) is 2.59. The third kappa shape index (κ3) is 4.25. The van der Waals surface area contributed by atoms with E-state index in [1.165, 1.54) is 12.1 Å². The van der Waals surface area contributed by atoms with Crippen LogP contribution in [0, 0.1) is 17.0 Å². The van der Waals surface area contributed by atoms with Crippen LogP contribution in [0.4, 0.5) is 8.78 Å². The molecule has 0 N–H and O–H groups in total. The fourth-order valence-corrected chi connectivity index (χ4v) is 4.73. The van der Waals surface area contributed by atoms with Crippen molar-refractivity contribution in [2.45, 2.75) is 25.8 Å². The summed E-state index contributed by atoms with van der Waals surface area (Å²) < 4.78 is 26.7. The molecule has 29 heavy (non-hydrogen) atoms. The molecule has 1 atom stereocenters. The normalized spacial score (nSPS) is 22.2. The molecule has 3 nitrogen and oxygen atoms in total. The van der Waals surface area contributed by atoms with Crippen molar-refractivity contribution in [1.82, 2.24) is 9.80 Å². The molecule has 2 saturated heterocycles. The lowest BCUT2D eigenvalue weighted by atomic mass is 9.79. The van der Waals surface area contributed by atoms with E-state index in [1.54, 1.807) is 12.1 Å². The van der Waals surface area contributed by atoms with Gasteiger partial charge in [0, 0.05) is 37.2 Å². The molecule has 1 spiro atoms. The van der Waals surface area contributed by atoms with Gasteiger partial charge in [-0.25, -0.2) is 8.78 Å². The Bertz CT molecular complexity index is 912. The molecule has 0 radical (unpaired) electrons. The van der Waals surface area contributed by atoms with Crippen molar-refractivity contribution in [3.63, 3.8) is 0 Å². The smallest absolute Gasteiger partial charge is 0.253 e. The van der Waals surface area contributed by atoms with Crippen LogP contribution in [0.3, 0.4) is 0 Å². The molecular weight excluding hydrogens is 370 g/mol. The van der Waals surface area contributed by atoms with E-state index in [-0.39, 0.29) is 11.3 Å². The molecule has 0 aliphatic carbocycles. The minimum absolute atomic E-state index is 0.0789. The first kappa shape index (κ1) is 19.8. The lowest BCUT2D eigenvalue weighted by Crippen LogP contribution is -2.45. The molecule has 0 saturated carbocycles. The van der Waals surface area contributed by atoms with Gasteiger partial charge in [-0.2, -0.15) is 0 Å². The highest BCUT2D eigenvalue weighted by Crippen LogP contribution is 2.39. The van der Waals surface area contributed by atoms with Gasteiger partial charge in [-0.3, -0.25) is 9.69 Å². The predicted octanol–water partition coefficient (Wildman–Crippen LogP) is 4.74. The monoisotopic (exact) mass is 396 g/mol. The second kappa shape index (κ2) is 8.07. The van der Waals surface area contributed by atoms with Crippen LogP contribution in [0.2, 0.25) is 0 Å². The van der Waals surface area contributed by atoms with Crippen molar-refractivity contribution in [2.24, 2.45) is 5.41 Å². The van der Waals surface area contributed by atoms with Crippen molar-refractivity contribution in [1.29, 1.82) is 0 Å². The maximum atomic E-state index is 13.5. The molecule has 2 fully saturated rings. The largest absolute Gasteiger partial charge is 0.338 e. The summed E-state index contributed by atoms with van der Waals surface area (Å²) in [6.45, 7) is 7.69. The Kier molecular flexibility index (Phi) is 5.50. The molecule has 1 amide bonds. The topological polar surface area (TPSA) is 23.6 Å². The zero-order valence-electron chi connectivity index (χ0n) is 16.5. The van der Waals surface area contributed by atoms with Crippen LogP contribution in [-0.2, 0) is 6.54 Å². The quantitative estimate of drug-likeness (QED) is 0.746. The van der Waals surface area contributed by atoms with E-state index in [0.717, 1.165) is 56.6 Å². The molecule has 2 aliphatic heterocycles. The predicted molar refractivity (Wildman–Crippen MR) is 110 cm³/mol. The maximum absolute atomic E-state index is 13.5. The Hall–Kier alpha value is -2.53. The highest BCUT2D eigenvalue weighted by atomic mass is 19.2. The van der Waals surface area contributed by atoms with E-state index in [9.17, 15) is 13.6 Å². The van der Waals surface area contributed by atoms with Crippen LogP contribution in [0.15, 0.2) is 49.0 Å². The van der Waals surface area contributed by atoms with Gasteiger partial charge in [-0.1, -0.05) is 30.9 Å². The summed E-state index contributed by atoms with van der Waals surface area (Å²) in [7, 11) is 0. The first-order valence-electron chi connectivity index (χ1n) is 10.2. The van der Waals surface area contributed by atoms with Crippen molar-refractivity contribution < 1.29 is 13.6 Å². The van der Waals surface area contributed by atoms with E-state index in [1.807, 2.05) is 29.2 Å². The van der Waals surface area contributed by atoms with E-state index in [0.29, 0.717) is 12.1 Å². The molecule has 2 heterocycles. The molecule has 0 bridgehead atoms. The second-order valence-electron chi connectivity index (χ2n) is 8.37. The highest BCUT2D eigenvalue weighted by Gasteiger charge is 2.42. The number of nitrogens with zero attached hydrogens (tertiary/aromatic N) is 2. The van der Waals surface area contributed by atoms with Gasteiger partial charge in [0.2, 0.25) is 0 Å². The van der Waals surface area contributed by atoms with E-state index in [4.69, 9.17) is 0 Å². The Balaban J connectivity index is 1.41. The van der Waals surface area contributed by atoms with Gasteiger partial charge in [0.15, 0.2) is 11.6 Å². The number of rotatable bonds is 4. The summed E-state index contributed by atoms with van der Waals surface area (Å²) in [5, 5.41) is 0. The summed E-state index contributed by atoms with van der Waals surface area (Å²) in [6.07, 6.45) is 4.90. The van der Waals surface area contributed by atoms with E-state index in [2.05, 4.69) is 11.5 Å². The molecular formula is C24H26F2N2O. The van der Waals surface area contributed by atoms with Crippen LogP contribution in [0.25, 0.3) is 6.08 Å². The van der Waals surface area contributed by atoms with Crippen LogP contribution >= 0.6 is 0 Å². The Morgan fingerprint density at radius 1 is 1.03 bits per heavy atom. The van der Waals surface area contributed by atoms with Gasteiger partial charge >= 0.3 is 0 Å². The van der Waals surface area contributed by atoms with Gasteiger partial charge in [0.05, 0.1) is 0 Å². The zero-order valence-corrected chi connectivity index (χ0v) is 16.5. The minimum atomic E-state index is -0.810. The Labute approximate surface area is 170 Å². The van der Waals surface area contributed by atoms with Crippen LogP contribution in [-0.4, -0.2) is 41.9 Å². The first-order chi connectivity index (χ1) is 14.0. The number of likely N-dealkylation sites (tertiary alicyclic amines) is 2. The fourth-order valence-electron chi connectivity index (χ4n) is 4.73. The molecule has 5 heteroatoms. The van der Waals surface area contributed by atoms with Crippen LogP contribution < -0.4 is 0 Å². The molecule has 152 valence electrons. The van der Waals surface area contributed by atoms with Gasteiger partial charge in [-0.05, 0) is 61.2 Å². The number of hydrogen-bond acceptors (Lipinski definition) is 2. The average molecular weight is 396 g/mol. The third-order valence-corrected chi connectivity index (χ3v) is 6.25. The SMILES string of the molecule is C=Cc1ccc(C(=O)N2CC[C@]3(CCCN(Cc4ccc(F)c(F)c4)C3)C2)cc1. The van der Waals surface area contributed by atoms with Gasteiger partial charge in [0.25, 0.3) is 5.91 Å². The Morgan fingerprint density at radius 3 is 2.55 bits per heavy atom. The summed E-state index contributed by atoms with van der Waals surface area (Å²) >= 11 is 0. The number of carbonyl (C=O) groups is 1. The average Bonchev–Trinajstić information content (AvgIpc) is 3.13. The van der Waals surface area contributed by atoms with Gasteiger partial charge in [-0.15, -0.1) is 0 Å². The van der Waals surface area contributed by atoms with Crippen LogP contribution in [0.1, 0.15) is 40.7 Å². The first-order valence-corrected chi connectivity index (χ1v) is 10.2. The Morgan fingerprint density at radius 2 is 1.83 bits per heavy atom. The molecule has 2 aliphatic rings. The number of benzene rings is 2. The number of carbonyl (C=O) groups excluding carboxylic acids is 1. The standard InChI is InChI=1S/C24H26F2N2O/c1-2-18-4-7-20(8-5-18)23(29)28-13-11-24(17-28)10-3-12-27(16-24)15-19-6-9-21(25)22(26)14-19/h2,4-9,14H,1,3,10-13,15-17H2/t24-/m0/s1. The molecule has 2 aromatic carbocycles. The second-order valence-corrected chi connectivity index (χ2v) is 8.37. The number of halogens is 2. The lowest BCUT2D eigenvalue weighted by Gasteiger charge is -2.40. The maximum Gasteiger partial charge on any atom is 0.253 e. The zero-order chi connectivity index (χ0) is 20.4. The molecule has 4 rings (SSSR count). The fraction of sp³-hybridized carbons (Fsp3) is 0.375. The minimum Gasteiger partial charge on any atom is -0.338 e. The van der Waals surface area contributed by atoms with Crippen LogP contribution in [0.5, 0.6) is 0 Å². The van der Waals surface area contributed by atoms with E-state index < -0.39 is 11.6 Å². The number of amides is 1.